The first kappa shape index (κ1) is 32.3. The molecule has 0 aromatic heterocycles. The van der Waals surface area contributed by atoms with Crippen molar-refractivity contribution in [3.63, 3.8) is 0 Å². The molecule has 3 heterocycles. The number of para-hydroxylation sites is 1. The molecule has 1 N–H and O–H groups in total. The van der Waals surface area contributed by atoms with Crippen LogP contribution < -0.4 is 4.90 Å². The molecule has 1 saturated carbocycles. The summed E-state index contributed by atoms with van der Waals surface area (Å²) < 4.78 is -0.765. The average Bonchev–Trinajstić information content (AvgIpc) is 3.62. The van der Waals surface area contributed by atoms with Crippen molar-refractivity contribution in [2.45, 2.75) is 91.7 Å². The molecule has 5 rings (SSSR count). The molecular formula is C34H46BrN3O4S. The predicted octanol–water partition coefficient (Wildman–Crippen LogP) is 5.42. The first-order valence-electron chi connectivity index (χ1n) is 15.9. The van der Waals surface area contributed by atoms with E-state index in [9.17, 15) is 19.5 Å². The lowest BCUT2D eigenvalue weighted by Crippen LogP contribution is -2.60. The van der Waals surface area contributed by atoms with Crippen LogP contribution in [0.15, 0.2) is 55.6 Å². The van der Waals surface area contributed by atoms with Crippen LogP contribution in [0.1, 0.15) is 58.8 Å². The van der Waals surface area contributed by atoms with Crippen molar-refractivity contribution in [3.05, 3.63) is 55.6 Å². The Labute approximate surface area is 269 Å². The molecule has 4 fully saturated rings. The van der Waals surface area contributed by atoms with Crippen LogP contribution in [0, 0.1) is 17.8 Å². The molecule has 43 heavy (non-hydrogen) atoms. The SMILES string of the molecule is C=CCN(C(=O)[C@H]1[C@H]2C(=O)N([C@@H](CO)[C@@H](C)CC)C(C(=O)N(CC=C)C3CCCCC3)C23CC(Br)[C@@H]1S3)c1ccccc1. The second-order valence-electron chi connectivity index (χ2n) is 12.7. The van der Waals surface area contributed by atoms with Crippen molar-refractivity contribution in [2.24, 2.45) is 17.8 Å². The minimum absolute atomic E-state index is 0.0142. The largest absolute Gasteiger partial charge is 0.394 e. The zero-order valence-electron chi connectivity index (χ0n) is 25.4. The topological polar surface area (TPSA) is 81.2 Å². The second kappa shape index (κ2) is 13.5. The number of alkyl halides is 1. The average molecular weight is 673 g/mol. The summed E-state index contributed by atoms with van der Waals surface area (Å²) in [6, 6.07) is 8.36. The van der Waals surface area contributed by atoms with Gasteiger partial charge in [0.25, 0.3) is 0 Å². The molecule has 0 radical (unpaired) electrons. The fraction of sp³-hybridized carbons (Fsp3) is 0.618. The summed E-state index contributed by atoms with van der Waals surface area (Å²) in [4.78, 5) is 49.7. The Balaban J connectivity index is 1.61. The van der Waals surface area contributed by atoms with Crippen LogP contribution in [-0.4, -0.2) is 85.3 Å². The van der Waals surface area contributed by atoms with E-state index in [4.69, 9.17) is 0 Å². The lowest BCUT2D eigenvalue weighted by Gasteiger charge is -2.43. The number of hydrogen-bond acceptors (Lipinski definition) is 5. The first-order chi connectivity index (χ1) is 20.7. The van der Waals surface area contributed by atoms with E-state index in [-0.39, 0.29) is 46.4 Å². The minimum atomic E-state index is -0.765. The fourth-order valence-corrected chi connectivity index (χ4v) is 11.7. The molecule has 3 aliphatic heterocycles. The molecule has 3 saturated heterocycles. The van der Waals surface area contributed by atoms with Gasteiger partial charge in [0, 0.05) is 34.9 Å². The van der Waals surface area contributed by atoms with Gasteiger partial charge < -0.3 is 19.8 Å². The van der Waals surface area contributed by atoms with Gasteiger partial charge >= 0.3 is 0 Å². The molecule has 1 aromatic rings. The molecule has 1 aromatic carbocycles. The summed E-state index contributed by atoms with van der Waals surface area (Å²) >= 11 is 5.57. The molecule has 8 atom stereocenters. The lowest BCUT2D eigenvalue weighted by molar-refractivity contribution is -0.148. The summed E-state index contributed by atoms with van der Waals surface area (Å²) in [6.07, 6.45) is 10.1. The van der Waals surface area contributed by atoms with Crippen LogP contribution in [0.2, 0.25) is 0 Å². The van der Waals surface area contributed by atoms with Crippen molar-refractivity contribution in [3.8, 4) is 0 Å². The van der Waals surface area contributed by atoms with Gasteiger partial charge in [-0.3, -0.25) is 14.4 Å². The minimum Gasteiger partial charge on any atom is -0.394 e. The van der Waals surface area contributed by atoms with E-state index in [0.29, 0.717) is 19.5 Å². The molecule has 9 heteroatoms. The van der Waals surface area contributed by atoms with Crippen molar-refractivity contribution >= 4 is 51.1 Å². The normalized spacial score (nSPS) is 31.4. The molecule has 2 bridgehead atoms. The van der Waals surface area contributed by atoms with Gasteiger partial charge in [-0.2, -0.15) is 0 Å². The Morgan fingerprint density at radius 1 is 1.14 bits per heavy atom. The number of anilines is 1. The fourth-order valence-electron chi connectivity index (χ4n) is 8.15. The van der Waals surface area contributed by atoms with Gasteiger partial charge in [-0.25, -0.2) is 0 Å². The highest BCUT2D eigenvalue weighted by Gasteiger charge is 2.76. The molecule has 4 aliphatic rings. The molecule has 3 unspecified atom stereocenters. The monoisotopic (exact) mass is 671 g/mol. The number of amides is 3. The summed E-state index contributed by atoms with van der Waals surface area (Å²) in [7, 11) is 0. The molecule has 3 amide bonds. The summed E-state index contributed by atoms with van der Waals surface area (Å²) in [6.45, 7) is 12.5. The van der Waals surface area contributed by atoms with E-state index in [1.807, 2.05) is 49.1 Å². The zero-order valence-corrected chi connectivity index (χ0v) is 27.8. The number of carbonyl (C=O) groups excluding carboxylic acids is 3. The Morgan fingerprint density at radius 3 is 2.42 bits per heavy atom. The number of halogens is 1. The zero-order chi connectivity index (χ0) is 30.9. The number of thioether (sulfide) groups is 1. The van der Waals surface area contributed by atoms with Gasteiger partial charge in [-0.15, -0.1) is 24.9 Å². The maximum absolute atomic E-state index is 15.0. The maximum Gasteiger partial charge on any atom is 0.247 e. The van der Waals surface area contributed by atoms with Crippen LogP contribution in [0.3, 0.4) is 0 Å². The summed E-state index contributed by atoms with van der Waals surface area (Å²) in [5.41, 5.74) is 0.762. The van der Waals surface area contributed by atoms with E-state index in [2.05, 4.69) is 29.1 Å². The third kappa shape index (κ3) is 5.52. The molecule has 1 aliphatic carbocycles. The van der Waals surface area contributed by atoms with Crippen molar-refractivity contribution in [2.75, 3.05) is 24.6 Å². The quantitative estimate of drug-likeness (QED) is 0.237. The Morgan fingerprint density at radius 2 is 1.81 bits per heavy atom. The van der Waals surface area contributed by atoms with Gasteiger partial charge in [-0.05, 0) is 37.3 Å². The lowest BCUT2D eigenvalue weighted by atomic mass is 9.70. The van der Waals surface area contributed by atoms with Crippen LogP contribution in [-0.2, 0) is 14.4 Å². The number of benzene rings is 1. The number of aliphatic hydroxyl groups excluding tert-OH is 1. The summed E-state index contributed by atoms with van der Waals surface area (Å²) in [5, 5.41) is 10.6. The van der Waals surface area contributed by atoms with E-state index in [1.54, 1.807) is 33.7 Å². The third-order valence-corrected chi connectivity index (χ3v) is 13.6. The number of carbonyl (C=O) groups is 3. The van der Waals surface area contributed by atoms with E-state index in [0.717, 1.165) is 37.8 Å². The number of fused-ring (bicyclic) bond motifs is 1. The standard InChI is InChI=1S/C34H46BrN3O4S/c1-5-18-36(23-14-10-8-11-15-23)31(40)27-28-32(41)38(26(21-39)22(4)7-3)30(34(28)20-25(35)29(27)43-34)33(42)37(19-6-2)24-16-12-9-13-17-24/h5-6,8,10-11,14-15,22,24-30,39H,1-2,7,9,12-13,16-21H2,3-4H3/t22-,25?,26-,27-,28-,29-,30?,34?/m0/s1. The van der Waals surface area contributed by atoms with E-state index < -0.39 is 28.7 Å². The number of hydrogen-bond donors (Lipinski definition) is 1. The molecule has 234 valence electrons. The van der Waals surface area contributed by atoms with Crippen LogP contribution in [0.5, 0.6) is 0 Å². The van der Waals surface area contributed by atoms with Gasteiger partial charge in [0.1, 0.15) is 6.04 Å². The van der Waals surface area contributed by atoms with E-state index >= 15 is 0 Å². The molecule has 1 spiro atoms. The van der Waals surface area contributed by atoms with Crippen LogP contribution in [0.4, 0.5) is 5.69 Å². The molecule has 7 nitrogen and oxygen atoms in total. The van der Waals surface area contributed by atoms with Gasteiger partial charge in [0.05, 0.1) is 29.2 Å². The Kier molecular flexibility index (Phi) is 10.1. The number of aliphatic hydroxyl groups is 1. The van der Waals surface area contributed by atoms with Gasteiger partial charge in [0.2, 0.25) is 17.7 Å². The maximum atomic E-state index is 15.0. The van der Waals surface area contributed by atoms with Gasteiger partial charge in [0.15, 0.2) is 0 Å². The van der Waals surface area contributed by atoms with Crippen molar-refractivity contribution in [1.82, 2.24) is 9.80 Å². The van der Waals surface area contributed by atoms with Crippen LogP contribution in [0.25, 0.3) is 0 Å². The number of nitrogens with zero attached hydrogens (tertiary/aromatic N) is 3. The smallest absolute Gasteiger partial charge is 0.247 e. The number of likely N-dealkylation sites (tertiary alicyclic amines) is 1. The Hall–Kier alpha value is -2.10. The van der Waals surface area contributed by atoms with Crippen LogP contribution >= 0.6 is 27.7 Å². The molecular weight excluding hydrogens is 626 g/mol. The first-order valence-corrected chi connectivity index (χ1v) is 17.7. The highest BCUT2D eigenvalue weighted by molar-refractivity contribution is 9.09. The van der Waals surface area contributed by atoms with Gasteiger partial charge in [-0.1, -0.05) is 85.8 Å². The Bertz CT molecular complexity index is 1210. The van der Waals surface area contributed by atoms with Crippen molar-refractivity contribution < 1.29 is 19.5 Å². The second-order valence-corrected chi connectivity index (χ2v) is 15.4. The van der Waals surface area contributed by atoms with E-state index in [1.165, 1.54) is 6.42 Å². The predicted molar refractivity (Wildman–Crippen MR) is 177 cm³/mol. The highest BCUT2D eigenvalue weighted by atomic mass is 79.9. The van der Waals surface area contributed by atoms with Crippen molar-refractivity contribution in [1.29, 1.82) is 0 Å². The third-order valence-electron chi connectivity index (χ3n) is 10.4. The number of rotatable bonds is 12. The highest BCUT2D eigenvalue weighted by Crippen LogP contribution is 2.68. The summed E-state index contributed by atoms with van der Waals surface area (Å²) in [5.74, 6) is -1.60.